The minimum absolute atomic E-state index is 0.265. The Morgan fingerprint density at radius 3 is 1.41 bits per heavy atom. The third-order valence-corrected chi connectivity index (χ3v) is 7.70. The molecule has 2 aliphatic rings. The van der Waals surface area contributed by atoms with Gasteiger partial charge >= 0.3 is 0 Å². The van der Waals surface area contributed by atoms with Crippen LogP contribution in [-0.4, -0.2) is 9.49 Å². The van der Waals surface area contributed by atoms with E-state index in [1.165, 1.54) is 0 Å². The van der Waals surface area contributed by atoms with Gasteiger partial charge in [-0.15, -0.1) is 11.8 Å². The number of rotatable bonds is 0. The molecule has 1 aliphatic heterocycles. The van der Waals surface area contributed by atoms with E-state index < -0.39 is 0 Å². The molecule has 1 aromatic carbocycles. The number of hydrogen-bond acceptors (Lipinski definition) is 1. The molecule has 1 spiro atoms. The molecule has 3 rings (SSSR count). The first-order valence-corrected chi connectivity index (χ1v) is 7.30. The minimum Gasteiger partial charge on any atom is -0.144 e. The fraction of sp³-hybridized carbons (Fsp3) is 0.625. The molecule has 1 fully saturated rings. The molecule has 1 saturated heterocycles. The van der Waals surface area contributed by atoms with Crippen LogP contribution in [0.2, 0.25) is 0 Å². The first-order valence-electron chi connectivity index (χ1n) is 6.49. The van der Waals surface area contributed by atoms with Crippen molar-refractivity contribution in [2.45, 2.75) is 61.9 Å². The highest BCUT2D eigenvalue weighted by atomic mass is 32.2. The van der Waals surface area contributed by atoms with E-state index in [9.17, 15) is 0 Å². The molecule has 0 aromatic heterocycles. The van der Waals surface area contributed by atoms with Gasteiger partial charge in [-0.3, -0.25) is 0 Å². The Kier molecular flexibility index (Phi) is 1.90. The summed E-state index contributed by atoms with van der Waals surface area (Å²) in [7, 11) is 0. The van der Waals surface area contributed by atoms with Gasteiger partial charge in [0.2, 0.25) is 0 Å². The van der Waals surface area contributed by atoms with Crippen molar-refractivity contribution < 1.29 is 0 Å². The molecule has 0 amide bonds. The summed E-state index contributed by atoms with van der Waals surface area (Å²) in [6.45, 7) is 14.6. The summed E-state index contributed by atoms with van der Waals surface area (Å²) in [5.74, 6) is 0. The standard InChI is InChI=1S/C16H22S/c1-13(2)11-9-7-8-10-12(11)14(3,4)16(13)15(5,6)17-16/h7-10H,1-6H3. The first kappa shape index (κ1) is 11.6. The molecule has 0 unspecified atom stereocenters. The van der Waals surface area contributed by atoms with E-state index in [0.29, 0.717) is 9.49 Å². The van der Waals surface area contributed by atoms with Crippen LogP contribution in [0.5, 0.6) is 0 Å². The zero-order valence-electron chi connectivity index (χ0n) is 11.7. The van der Waals surface area contributed by atoms with E-state index in [0.717, 1.165) is 0 Å². The number of hydrogen-bond donors (Lipinski definition) is 0. The van der Waals surface area contributed by atoms with Crippen molar-refractivity contribution in [3.8, 4) is 0 Å². The summed E-state index contributed by atoms with van der Waals surface area (Å²) in [6.07, 6.45) is 0. The Bertz CT molecular complexity index is 459. The van der Waals surface area contributed by atoms with Crippen molar-refractivity contribution in [2.24, 2.45) is 0 Å². The quantitative estimate of drug-likeness (QED) is 0.607. The maximum absolute atomic E-state index is 2.43. The first-order chi connectivity index (χ1) is 7.68. The van der Waals surface area contributed by atoms with Gasteiger partial charge in [0, 0.05) is 20.3 Å². The highest BCUT2D eigenvalue weighted by Gasteiger charge is 2.79. The maximum Gasteiger partial charge on any atom is 0.0489 e. The van der Waals surface area contributed by atoms with Gasteiger partial charge in [-0.1, -0.05) is 52.0 Å². The molecule has 17 heavy (non-hydrogen) atoms. The Morgan fingerprint density at radius 1 is 0.765 bits per heavy atom. The van der Waals surface area contributed by atoms with E-state index in [1.807, 2.05) is 0 Å². The van der Waals surface area contributed by atoms with Crippen molar-refractivity contribution in [1.82, 2.24) is 0 Å². The second kappa shape index (κ2) is 2.77. The Labute approximate surface area is 109 Å². The molecule has 0 N–H and O–H groups in total. The molecule has 1 aliphatic carbocycles. The van der Waals surface area contributed by atoms with Crippen molar-refractivity contribution in [3.05, 3.63) is 35.4 Å². The molecular weight excluding hydrogens is 224 g/mol. The largest absolute Gasteiger partial charge is 0.144 e. The van der Waals surface area contributed by atoms with Crippen molar-refractivity contribution >= 4 is 11.8 Å². The summed E-state index contributed by atoms with van der Waals surface area (Å²) in [5.41, 5.74) is 3.65. The summed E-state index contributed by atoms with van der Waals surface area (Å²) < 4.78 is 0.746. The summed E-state index contributed by atoms with van der Waals surface area (Å²) in [4.78, 5) is 0. The summed E-state index contributed by atoms with van der Waals surface area (Å²) in [6, 6.07) is 9.05. The zero-order chi connectivity index (χ0) is 12.7. The van der Waals surface area contributed by atoms with Gasteiger partial charge in [0.1, 0.15) is 0 Å². The molecule has 1 aromatic rings. The Balaban J connectivity index is 2.32. The van der Waals surface area contributed by atoms with Crippen LogP contribution in [0, 0.1) is 0 Å². The fourth-order valence-electron chi connectivity index (χ4n) is 4.85. The van der Waals surface area contributed by atoms with Gasteiger partial charge in [0.25, 0.3) is 0 Å². The molecule has 0 bridgehead atoms. The minimum atomic E-state index is 0.265. The summed E-state index contributed by atoms with van der Waals surface area (Å²) >= 11 is 2.17. The lowest BCUT2D eigenvalue weighted by Gasteiger charge is -2.38. The zero-order valence-corrected chi connectivity index (χ0v) is 12.5. The molecule has 92 valence electrons. The number of benzene rings is 1. The molecule has 1 heteroatoms. The molecule has 0 nitrogen and oxygen atoms in total. The van der Waals surface area contributed by atoms with Gasteiger partial charge in [-0.25, -0.2) is 0 Å². The van der Waals surface area contributed by atoms with Crippen LogP contribution in [0.15, 0.2) is 24.3 Å². The van der Waals surface area contributed by atoms with Crippen LogP contribution in [0.4, 0.5) is 0 Å². The predicted octanol–water partition coefficient (Wildman–Crippen LogP) is 4.52. The molecule has 0 saturated carbocycles. The van der Waals surface area contributed by atoms with Gasteiger partial charge in [-0.05, 0) is 25.0 Å². The molecule has 0 radical (unpaired) electrons. The van der Waals surface area contributed by atoms with Gasteiger partial charge in [0.15, 0.2) is 0 Å². The average molecular weight is 246 g/mol. The SMILES string of the molecule is CC1(C)SC12C(C)(C)c1ccccc1C2(C)C. The second-order valence-corrected chi connectivity index (χ2v) is 8.93. The van der Waals surface area contributed by atoms with Gasteiger partial charge in [0.05, 0.1) is 0 Å². The van der Waals surface area contributed by atoms with E-state index in [-0.39, 0.29) is 10.8 Å². The van der Waals surface area contributed by atoms with Crippen LogP contribution in [-0.2, 0) is 10.8 Å². The molecular formula is C16H22S. The van der Waals surface area contributed by atoms with Crippen LogP contribution in [0.25, 0.3) is 0 Å². The van der Waals surface area contributed by atoms with Crippen molar-refractivity contribution in [1.29, 1.82) is 0 Å². The smallest absolute Gasteiger partial charge is 0.0489 e. The lowest BCUT2D eigenvalue weighted by molar-refractivity contribution is 0.288. The predicted molar refractivity (Wildman–Crippen MR) is 76.9 cm³/mol. The number of fused-ring (bicyclic) bond motifs is 1. The van der Waals surface area contributed by atoms with E-state index in [2.05, 4.69) is 77.6 Å². The maximum atomic E-state index is 2.43. The Hall–Kier alpha value is -0.430. The molecule has 1 heterocycles. The lowest BCUT2D eigenvalue weighted by atomic mass is 9.65. The van der Waals surface area contributed by atoms with E-state index >= 15 is 0 Å². The summed E-state index contributed by atoms with van der Waals surface area (Å²) in [5, 5.41) is 0. The van der Waals surface area contributed by atoms with Gasteiger partial charge < -0.3 is 0 Å². The molecule has 0 atom stereocenters. The highest BCUT2D eigenvalue weighted by molar-refractivity contribution is 8.09. The van der Waals surface area contributed by atoms with E-state index in [4.69, 9.17) is 0 Å². The van der Waals surface area contributed by atoms with Crippen LogP contribution < -0.4 is 0 Å². The van der Waals surface area contributed by atoms with Crippen molar-refractivity contribution in [3.63, 3.8) is 0 Å². The van der Waals surface area contributed by atoms with Crippen molar-refractivity contribution in [2.75, 3.05) is 0 Å². The number of thioether (sulfide) groups is 1. The van der Waals surface area contributed by atoms with Crippen LogP contribution in [0.3, 0.4) is 0 Å². The van der Waals surface area contributed by atoms with Crippen LogP contribution >= 0.6 is 11.8 Å². The third kappa shape index (κ3) is 0.999. The topological polar surface area (TPSA) is 0 Å². The highest BCUT2D eigenvalue weighted by Crippen LogP contribution is 2.81. The van der Waals surface area contributed by atoms with Crippen LogP contribution in [0.1, 0.15) is 52.7 Å². The van der Waals surface area contributed by atoms with Gasteiger partial charge in [-0.2, -0.15) is 0 Å². The second-order valence-electron chi connectivity index (χ2n) is 7.09. The monoisotopic (exact) mass is 246 g/mol. The lowest BCUT2D eigenvalue weighted by Crippen LogP contribution is -2.47. The Morgan fingerprint density at radius 2 is 1.12 bits per heavy atom. The third-order valence-electron chi connectivity index (χ3n) is 5.25. The fourth-order valence-corrected chi connectivity index (χ4v) is 6.81. The average Bonchev–Trinajstić information content (AvgIpc) is 2.81. The van der Waals surface area contributed by atoms with E-state index in [1.54, 1.807) is 11.1 Å². The normalized spacial score (nSPS) is 29.1.